The van der Waals surface area contributed by atoms with Crippen molar-refractivity contribution in [2.24, 2.45) is 0 Å². The third-order valence-corrected chi connectivity index (χ3v) is 5.71. The van der Waals surface area contributed by atoms with Gasteiger partial charge in [-0.15, -0.1) is 0 Å². The first-order valence-corrected chi connectivity index (χ1v) is 10.5. The summed E-state index contributed by atoms with van der Waals surface area (Å²) in [6.45, 7) is 6.17. The van der Waals surface area contributed by atoms with Gasteiger partial charge in [0.15, 0.2) is 11.5 Å². The molecule has 6 nitrogen and oxygen atoms in total. The number of rotatable bonds is 5. The van der Waals surface area contributed by atoms with Gasteiger partial charge < -0.3 is 14.9 Å². The lowest BCUT2D eigenvalue weighted by atomic mass is 9.92. The summed E-state index contributed by atoms with van der Waals surface area (Å²) in [7, 11) is 0. The molecule has 0 bridgehead atoms. The Balaban J connectivity index is 1.95. The fourth-order valence-electron chi connectivity index (χ4n) is 3.99. The summed E-state index contributed by atoms with van der Waals surface area (Å²) in [4.78, 5) is 19.2. The number of carboxylic acids is 1. The number of benzene rings is 2. The van der Waals surface area contributed by atoms with Crippen molar-refractivity contribution in [1.82, 2.24) is 9.88 Å². The first-order valence-electron chi connectivity index (χ1n) is 10.2. The first-order chi connectivity index (χ1) is 14.9. The number of ether oxygens (including phenoxy) is 1. The van der Waals surface area contributed by atoms with Crippen LogP contribution in [0.3, 0.4) is 0 Å². The number of para-hydroxylation sites is 1. The van der Waals surface area contributed by atoms with E-state index in [1.807, 2.05) is 38.1 Å². The van der Waals surface area contributed by atoms with Crippen molar-refractivity contribution in [3.8, 4) is 11.5 Å². The standard InChI is InChI=1S/C24H23ClN2O4/c1-3-27-12-15(9-14-10-18(25)23(28)20(11-14)31-4-2)22-17(13-27)21(24(29)30)16-7-5-6-8-19(16)26-22/h5-11,28H,3-4,12-13H2,1-2H3,(H,29,30)/b15-9-. The molecule has 3 aromatic rings. The monoisotopic (exact) mass is 438 g/mol. The number of phenolic OH excluding ortho intramolecular Hbond substituents is 1. The maximum Gasteiger partial charge on any atom is 0.336 e. The van der Waals surface area contributed by atoms with Crippen LogP contribution in [-0.4, -0.2) is 45.8 Å². The Morgan fingerprint density at radius 3 is 2.74 bits per heavy atom. The highest BCUT2D eigenvalue weighted by molar-refractivity contribution is 6.32. The number of aromatic carboxylic acids is 1. The van der Waals surface area contributed by atoms with Gasteiger partial charge in [-0.1, -0.05) is 36.7 Å². The van der Waals surface area contributed by atoms with Gasteiger partial charge in [0, 0.05) is 24.0 Å². The predicted octanol–water partition coefficient (Wildman–Crippen LogP) is 5.07. The molecule has 0 spiro atoms. The summed E-state index contributed by atoms with van der Waals surface area (Å²) in [5, 5.41) is 21.0. The maximum atomic E-state index is 12.2. The quantitative estimate of drug-likeness (QED) is 0.578. The Kier molecular flexibility index (Phi) is 5.85. The summed E-state index contributed by atoms with van der Waals surface area (Å²) >= 11 is 6.21. The van der Waals surface area contributed by atoms with Crippen LogP contribution in [0, 0.1) is 0 Å². The average Bonchev–Trinajstić information content (AvgIpc) is 2.75. The number of hydrogen-bond donors (Lipinski definition) is 2. The fraction of sp³-hybridized carbons (Fsp3) is 0.250. The smallest absolute Gasteiger partial charge is 0.336 e. The average molecular weight is 439 g/mol. The van der Waals surface area contributed by atoms with E-state index in [1.54, 1.807) is 18.2 Å². The van der Waals surface area contributed by atoms with Gasteiger partial charge in [0.05, 0.1) is 28.4 Å². The lowest BCUT2D eigenvalue weighted by molar-refractivity contribution is 0.0696. The highest BCUT2D eigenvalue weighted by Crippen LogP contribution is 2.38. The molecule has 2 N–H and O–H groups in total. The van der Waals surface area contributed by atoms with Crippen LogP contribution in [0.1, 0.15) is 41.0 Å². The number of fused-ring (bicyclic) bond motifs is 2. The number of hydrogen-bond acceptors (Lipinski definition) is 5. The zero-order chi connectivity index (χ0) is 22.1. The maximum absolute atomic E-state index is 12.2. The van der Waals surface area contributed by atoms with Gasteiger partial charge in [0.1, 0.15) is 0 Å². The SMILES string of the molecule is CCOc1cc(/C=C2/CN(CC)Cc3c2nc2ccccc2c3C(=O)O)cc(Cl)c1O. The molecule has 31 heavy (non-hydrogen) atoms. The molecule has 2 heterocycles. The van der Waals surface area contributed by atoms with Crippen LogP contribution in [-0.2, 0) is 6.54 Å². The van der Waals surface area contributed by atoms with E-state index in [0.717, 1.165) is 17.7 Å². The molecule has 0 saturated heterocycles. The molecule has 0 amide bonds. The van der Waals surface area contributed by atoms with E-state index >= 15 is 0 Å². The Morgan fingerprint density at radius 2 is 2.03 bits per heavy atom. The molecule has 1 aliphatic rings. The predicted molar refractivity (Wildman–Crippen MR) is 122 cm³/mol. The van der Waals surface area contributed by atoms with E-state index in [4.69, 9.17) is 21.3 Å². The van der Waals surface area contributed by atoms with E-state index < -0.39 is 5.97 Å². The van der Waals surface area contributed by atoms with Crippen LogP contribution >= 0.6 is 11.6 Å². The van der Waals surface area contributed by atoms with Gasteiger partial charge in [0.25, 0.3) is 0 Å². The second kappa shape index (κ2) is 8.57. The topological polar surface area (TPSA) is 82.9 Å². The molecule has 160 valence electrons. The van der Waals surface area contributed by atoms with Gasteiger partial charge in [-0.3, -0.25) is 4.90 Å². The summed E-state index contributed by atoms with van der Waals surface area (Å²) in [6, 6.07) is 10.7. The number of carbonyl (C=O) groups is 1. The minimum Gasteiger partial charge on any atom is -0.503 e. The third kappa shape index (κ3) is 3.96. The Bertz CT molecular complexity index is 1210. The highest BCUT2D eigenvalue weighted by atomic mass is 35.5. The lowest BCUT2D eigenvalue weighted by Gasteiger charge is -2.30. The Morgan fingerprint density at radius 1 is 1.26 bits per heavy atom. The summed E-state index contributed by atoms with van der Waals surface area (Å²) in [6.07, 6.45) is 1.93. The molecular formula is C24H23ClN2O4. The number of aromatic hydroxyl groups is 1. The molecule has 0 atom stereocenters. The molecule has 1 aromatic heterocycles. The van der Waals surface area contributed by atoms with Crippen molar-refractivity contribution >= 4 is 40.1 Å². The Hall–Kier alpha value is -3.09. The number of carboxylic acid groups (broad SMARTS) is 1. The van der Waals surface area contributed by atoms with Gasteiger partial charge in [-0.2, -0.15) is 0 Å². The number of pyridine rings is 1. The Labute approximate surface area is 185 Å². The zero-order valence-electron chi connectivity index (χ0n) is 17.4. The minimum absolute atomic E-state index is 0.0952. The van der Waals surface area contributed by atoms with Crippen LogP contribution in [0.4, 0.5) is 0 Å². The van der Waals surface area contributed by atoms with Gasteiger partial charge >= 0.3 is 5.97 Å². The van der Waals surface area contributed by atoms with Crippen molar-refractivity contribution in [2.75, 3.05) is 19.7 Å². The van der Waals surface area contributed by atoms with Gasteiger partial charge in [-0.25, -0.2) is 9.78 Å². The molecular weight excluding hydrogens is 416 g/mol. The molecule has 0 unspecified atom stereocenters. The minimum atomic E-state index is -0.960. The summed E-state index contributed by atoms with van der Waals surface area (Å²) < 4.78 is 5.50. The number of phenols is 1. The number of aromatic nitrogens is 1. The van der Waals surface area contributed by atoms with Crippen LogP contribution < -0.4 is 4.74 Å². The summed E-state index contributed by atoms with van der Waals surface area (Å²) in [5.41, 5.74) is 3.97. The highest BCUT2D eigenvalue weighted by Gasteiger charge is 2.28. The van der Waals surface area contributed by atoms with Crippen molar-refractivity contribution in [3.05, 3.63) is 63.8 Å². The van der Waals surface area contributed by atoms with E-state index in [9.17, 15) is 15.0 Å². The molecule has 1 aliphatic heterocycles. The van der Waals surface area contributed by atoms with E-state index in [1.165, 1.54) is 0 Å². The van der Waals surface area contributed by atoms with Crippen LogP contribution in [0.15, 0.2) is 36.4 Å². The van der Waals surface area contributed by atoms with Crippen molar-refractivity contribution in [1.29, 1.82) is 0 Å². The largest absolute Gasteiger partial charge is 0.503 e. The number of likely N-dealkylation sites (N-methyl/N-ethyl adjacent to an activating group) is 1. The van der Waals surface area contributed by atoms with Gasteiger partial charge in [-0.05, 0) is 48.9 Å². The molecule has 7 heteroatoms. The first kappa shape index (κ1) is 21.2. The molecule has 2 aromatic carbocycles. The van der Waals surface area contributed by atoms with Crippen molar-refractivity contribution < 1.29 is 19.7 Å². The molecule has 4 rings (SSSR count). The third-order valence-electron chi connectivity index (χ3n) is 5.43. The lowest BCUT2D eigenvalue weighted by Crippen LogP contribution is -2.31. The number of halogens is 1. The second-order valence-corrected chi connectivity index (χ2v) is 7.80. The van der Waals surface area contributed by atoms with Crippen LogP contribution in [0.2, 0.25) is 5.02 Å². The van der Waals surface area contributed by atoms with Crippen molar-refractivity contribution in [2.45, 2.75) is 20.4 Å². The molecule has 0 aliphatic carbocycles. The fourth-order valence-corrected chi connectivity index (χ4v) is 4.21. The molecule has 0 radical (unpaired) electrons. The second-order valence-electron chi connectivity index (χ2n) is 7.39. The van der Waals surface area contributed by atoms with E-state index in [2.05, 4.69) is 4.90 Å². The summed E-state index contributed by atoms with van der Waals surface area (Å²) in [5.74, 6) is -0.747. The number of nitrogens with zero attached hydrogens (tertiary/aromatic N) is 2. The van der Waals surface area contributed by atoms with E-state index in [0.29, 0.717) is 53.2 Å². The van der Waals surface area contributed by atoms with Crippen molar-refractivity contribution in [3.63, 3.8) is 0 Å². The normalized spacial score (nSPS) is 15.3. The van der Waals surface area contributed by atoms with Crippen LogP contribution in [0.25, 0.3) is 22.6 Å². The zero-order valence-corrected chi connectivity index (χ0v) is 18.1. The van der Waals surface area contributed by atoms with Crippen LogP contribution in [0.5, 0.6) is 11.5 Å². The van der Waals surface area contributed by atoms with Gasteiger partial charge in [0.2, 0.25) is 0 Å². The van der Waals surface area contributed by atoms with E-state index in [-0.39, 0.29) is 10.8 Å². The molecule has 0 saturated carbocycles. The molecule has 0 fully saturated rings.